The minimum Gasteiger partial charge on any atom is -0.454 e. The molecule has 1 saturated heterocycles. The highest BCUT2D eigenvalue weighted by atomic mass is 32.2. The maximum absolute atomic E-state index is 12.5. The minimum absolute atomic E-state index is 0.0900. The third kappa shape index (κ3) is 3.46. The highest BCUT2D eigenvalue weighted by Crippen LogP contribution is 2.36. The molecule has 0 radical (unpaired) electrons. The molecule has 0 spiro atoms. The average Bonchev–Trinajstić information content (AvgIpc) is 3.37. The summed E-state index contributed by atoms with van der Waals surface area (Å²) in [5.41, 5.74) is 1.14. The fourth-order valence-electron chi connectivity index (χ4n) is 2.82. The number of hydrogen-bond acceptors (Lipinski definition) is 7. The van der Waals surface area contributed by atoms with Crippen molar-refractivity contribution in [2.45, 2.75) is 0 Å². The Kier molecular flexibility index (Phi) is 4.78. The lowest BCUT2D eigenvalue weighted by Gasteiger charge is -2.13. The zero-order valence-corrected chi connectivity index (χ0v) is 15.7. The number of carbonyl (C=O) groups excluding carboxylic acids is 3. The number of imide groups is 1. The van der Waals surface area contributed by atoms with E-state index in [4.69, 9.17) is 9.47 Å². The average molecular weight is 400 g/mol. The number of benzene rings is 1. The third-order valence-electron chi connectivity index (χ3n) is 4.24. The van der Waals surface area contributed by atoms with Crippen LogP contribution < -0.4 is 14.8 Å². The molecule has 0 saturated carbocycles. The summed E-state index contributed by atoms with van der Waals surface area (Å²) < 4.78 is 12.0. The van der Waals surface area contributed by atoms with E-state index in [1.807, 2.05) is 0 Å². The lowest BCUT2D eigenvalue weighted by atomic mass is 10.2. The van der Waals surface area contributed by atoms with E-state index in [0.29, 0.717) is 22.1 Å². The SMILES string of the molecule is Cn1nccc1C(=O)NCCN1C(=O)SC(=Cc2ccc3c(c2)OCO3)C1=O. The van der Waals surface area contributed by atoms with E-state index < -0.39 is 0 Å². The lowest BCUT2D eigenvalue weighted by molar-refractivity contribution is -0.122. The molecule has 0 bridgehead atoms. The Balaban J connectivity index is 1.38. The van der Waals surface area contributed by atoms with Crippen LogP contribution in [0.3, 0.4) is 0 Å². The number of nitrogens with one attached hydrogen (secondary N) is 1. The molecule has 3 amide bonds. The second kappa shape index (κ2) is 7.39. The Morgan fingerprint density at radius 2 is 2.11 bits per heavy atom. The summed E-state index contributed by atoms with van der Waals surface area (Å²) in [6.07, 6.45) is 3.16. The molecule has 2 aliphatic rings. The Labute approximate surface area is 164 Å². The van der Waals surface area contributed by atoms with Gasteiger partial charge >= 0.3 is 0 Å². The van der Waals surface area contributed by atoms with Crippen molar-refractivity contribution >= 4 is 34.9 Å². The van der Waals surface area contributed by atoms with Crippen molar-refractivity contribution in [2.24, 2.45) is 7.05 Å². The van der Waals surface area contributed by atoms with Gasteiger partial charge < -0.3 is 14.8 Å². The molecule has 4 rings (SSSR count). The molecule has 3 heterocycles. The van der Waals surface area contributed by atoms with Gasteiger partial charge in [-0.1, -0.05) is 6.07 Å². The predicted molar refractivity (Wildman–Crippen MR) is 101 cm³/mol. The van der Waals surface area contributed by atoms with Crippen LogP contribution in [0.4, 0.5) is 4.79 Å². The molecule has 0 unspecified atom stereocenters. The van der Waals surface area contributed by atoms with Gasteiger partial charge in [0.15, 0.2) is 11.5 Å². The maximum Gasteiger partial charge on any atom is 0.293 e. The molecule has 28 heavy (non-hydrogen) atoms. The van der Waals surface area contributed by atoms with E-state index in [9.17, 15) is 14.4 Å². The Hall–Kier alpha value is -3.27. The number of fused-ring (bicyclic) bond motifs is 1. The molecule has 9 nitrogen and oxygen atoms in total. The molecule has 0 atom stereocenters. The first-order chi connectivity index (χ1) is 13.5. The largest absolute Gasteiger partial charge is 0.454 e. The van der Waals surface area contributed by atoms with Gasteiger partial charge in [-0.15, -0.1) is 0 Å². The molecule has 2 aromatic rings. The first-order valence-electron chi connectivity index (χ1n) is 8.44. The van der Waals surface area contributed by atoms with Gasteiger partial charge in [-0.2, -0.15) is 5.10 Å². The van der Waals surface area contributed by atoms with Crippen LogP contribution in [-0.2, 0) is 11.8 Å². The molecule has 1 fully saturated rings. The molecular weight excluding hydrogens is 384 g/mol. The molecule has 1 N–H and O–H groups in total. The quantitative estimate of drug-likeness (QED) is 0.761. The first-order valence-corrected chi connectivity index (χ1v) is 9.26. The van der Waals surface area contributed by atoms with Crippen molar-refractivity contribution in [1.29, 1.82) is 0 Å². The molecule has 1 aromatic carbocycles. The van der Waals surface area contributed by atoms with E-state index in [1.165, 1.54) is 10.9 Å². The number of hydrogen-bond donors (Lipinski definition) is 1. The van der Waals surface area contributed by atoms with Crippen molar-refractivity contribution < 1.29 is 23.9 Å². The number of aryl methyl sites for hydroxylation is 1. The van der Waals surface area contributed by atoms with Gasteiger partial charge in [0.2, 0.25) is 6.79 Å². The first kappa shape index (κ1) is 18.1. The number of amides is 3. The molecule has 144 valence electrons. The van der Waals surface area contributed by atoms with E-state index in [1.54, 1.807) is 37.4 Å². The van der Waals surface area contributed by atoms with Gasteiger partial charge in [-0.05, 0) is 41.6 Å². The summed E-state index contributed by atoms with van der Waals surface area (Å²) in [6.45, 7) is 0.409. The predicted octanol–water partition coefficient (Wildman–Crippen LogP) is 1.62. The summed E-state index contributed by atoms with van der Waals surface area (Å²) in [6, 6.07) is 6.88. The highest BCUT2D eigenvalue weighted by Gasteiger charge is 2.34. The molecule has 0 aliphatic carbocycles. The second-order valence-electron chi connectivity index (χ2n) is 6.04. The monoisotopic (exact) mass is 400 g/mol. The van der Waals surface area contributed by atoms with Crippen LogP contribution in [0.25, 0.3) is 6.08 Å². The summed E-state index contributed by atoms with van der Waals surface area (Å²) in [5.74, 6) is 0.547. The molecule has 10 heteroatoms. The lowest BCUT2D eigenvalue weighted by Crippen LogP contribution is -2.37. The van der Waals surface area contributed by atoms with Crippen molar-refractivity contribution in [1.82, 2.24) is 20.0 Å². The van der Waals surface area contributed by atoms with E-state index in [2.05, 4.69) is 10.4 Å². The third-order valence-corrected chi connectivity index (χ3v) is 5.15. The van der Waals surface area contributed by atoms with E-state index in [-0.39, 0.29) is 36.9 Å². The second-order valence-corrected chi connectivity index (χ2v) is 7.04. The van der Waals surface area contributed by atoms with Crippen molar-refractivity contribution in [2.75, 3.05) is 19.9 Å². The molecule has 2 aliphatic heterocycles. The Morgan fingerprint density at radius 1 is 1.29 bits per heavy atom. The topological polar surface area (TPSA) is 103 Å². The number of nitrogens with zero attached hydrogens (tertiary/aromatic N) is 3. The summed E-state index contributed by atoms with van der Waals surface area (Å²) in [4.78, 5) is 38.2. The number of thioether (sulfide) groups is 1. The van der Waals surface area contributed by atoms with Crippen LogP contribution in [-0.4, -0.2) is 51.6 Å². The number of ether oxygens (including phenoxy) is 2. The fourth-order valence-corrected chi connectivity index (χ4v) is 3.68. The van der Waals surface area contributed by atoms with E-state index in [0.717, 1.165) is 22.2 Å². The normalized spacial score (nSPS) is 16.9. The van der Waals surface area contributed by atoms with Crippen LogP contribution in [0.2, 0.25) is 0 Å². The Bertz CT molecular complexity index is 1000. The number of carbonyl (C=O) groups is 3. The van der Waals surface area contributed by atoms with Gasteiger partial charge in [0, 0.05) is 26.3 Å². The van der Waals surface area contributed by atoms with Gasteiger partial charge in [-0.3, -0.25) is 24.0 Å². The van der Waals surface area contributed by atoms with Crippen LogP contribution in [0.1, 0.15) is 16.1 Å². The molecular formula is C18H16N4O5S. The minimum atomic E-state index is -0.387. The van der Waals surface area contributed by atoms with Gasteiger partial charge in [0.05, 0.1) is 4.91 Å². The van der Waals surface area contributed by atoms with Gasteiger partial charge in [0.1, 0.15) is 5.69 Å². The van der Waals surface area contributed by atoms with Gasteiger partial charge in [-0.25, -0.2) is 0 Å². The zero-order chi connectivity index (χ0) is 19.7. The summed E-state index contributed by atoms with van der Waals surface area (Å²) >= 11 is 0.869. The highest BCUT2D eigenvalue weighted by molar-refractivity contribution is 8.18. The number of aromatic nitrogens is 2. The smallest absolute Gasteiger partial charge is 0.293 e. The fraction of sp³-hybridized carbons (Fsp3) is 0.222. The van der Waals surface area contributed by atoms with Crippen molar-refractivity contribution in [3.63, 3.8) is 0 Å². The summed E-state index contributed by atoms with van der Waals surface area (Å²) in [7, 11) is 1.66. The van der Waals surface area contributed by atoms with E-state index >= 15 is 0 Å². The van der Waals surface area contributed by atoms with Crippen LogP contribution in [0, 0.1) is 0 Å². The molecule has 1 aromatic heterocycles. The maximum atomic E-state index is 12.5. The summed E-state index contributed by atoms with van der Waals surface area (Å²) in [5, 5.41) is 6.24. The van der Waals surface area contributed by atoms with Crippen molar-refractivity contribution in [3.8, 4) is 11.5 Å². The number of rotatable bonds is 5. The Morgan fingerprint density at radius 3 is 2.89 bits per heavy atom. The van der Waals surface area contributed by atoms with Crippen LogP contribution in [0.5, 0.6) is 11.5 Å². The van der Waals surface area contributed by atoms with Crippen LogP contribution in [0.15, 0.2) is 35.4 Å². The van der Waals surface area contributed by atoms with Crippen LogP contribution >= 0.6 is 11.8 Å². The zero-order valence-electron chi connectivity index (χ0n) is 14.9. The van der Waals surface area contributed by atoms with Crippen molar-refractivity contribution in [3.05, 3.63) is 46.6 Å². The van der Waals surface area contributed by atoms with Gasteiger partial charge in [0.25, 0.3) is 17.1 Å². The standard InChI is InChI=1S/C18H16N4O5S/c1-21-12(4-5-20-21)16(23)19-6-7-22-17(24)15(28-18(22)25)9-11-2-3-13-14(8-11)27-10-26-13/h2-5,8-9H,6-7,10H2,1H3,(H,19,23).